The summed E-state index contributed by atoms with van der Waals surface area (Å²) in [4.78, 5) is 4.97. The Kier molecular flexibility index (Phi) is 4.88. The lowest BCUT2D eigenvalue weighted by atomic mass is 10.1. The molecule has 1 aromatic rings. The van der Waals surface area contributed by atoms with Crippen LogP contribution in [-0.4, -0.2) is 53.2 Å². The number of hydrogen-bond acceptors (Lipinski definition) is 3. The third kappa shape index (κ3) is 3.62. The van der Waals surface area contributed by atoms with Gasteiger partial charge in [0.15, 0.2) is 0 Å². The van der Waals surface area contributed by atoms with Crippen LogP contribution in [0, 0.1) is 5.82 Å². The van der Waals surface area contributed by atoms with Gasteiger partial charge in [0, 0.05) is 25.2 Å². The molecule has 0 aromatic heterocycles. The number of halogens is 1. The van der Waals surface area contributed by atoms with E-state index in [2.05, 4.69) is 9.80 Å². The maximum atomic E-state index is 13.0. The normalized spacial score (nSPS) is 27.5. The highest BCUT2D eigenvalue weighted by Crippen LogP contribution is 2.24. The molecule has 0 saturated carbocycles. The molecule has 2 aliphatic heterocycles. The van der Waals surface area contributed by atoms with Crippen molar-refractivity contribution in [3.8, 4) is 0 Å². The van der Waals surface area contributed by atoms with Gasteiger partial charge in [-0.05, 0) is 56.5 Å². The van der Waals surface area contributed by atoms with E-state index < -0.39 is 0 Å². The van der Waals surface area contributed by atoms with E-state index in [4.69, 9.17) is 0 Å². The summed E-state index contributed by atoms with van der Waals surface area (Å²) in [6.07, 6.45) is 4.80. The lowest BCUT2D eigenvalue weighted by molar-refractivity contribution is 0.120. The number of aliphatic hydroxyl groups excluding tert-OH is 1. The molecule has 2 saturated heterocycles. The summed E-state index contributed by atoms with van der Waals surface area (Å²) in [7, 11) is 0. The molecule has 2 unspecified atom stereocenters. The average Bonchev–Trinajstić information content (AvgIpc) is 3.11. The number of rotatable bonds is 5. The van der Waals surface area contributed by atoms with Crippen LogP contribution in [0.25, 0.3) is 0 Å². The van der Waals surface area contributed by atoms with Crippen LogP contribution in [-0.2, 0) is 6.54 Å². The highest BCUT2D eigenvalue weighted by atomic mass is 19.1. The minimum Gasteiger partial charge on any atom is -0.395 e. The Bertz CT molecular complexity index is 451. The van der Waals surface area contributed by atoms with Gasteiger partial charge in [-0.25, -0.2) is 4.39 Å². The maximum absolute atomic E-state index is 13.0. The van der Waals surface area contributed by atoms with Gasteiger partial charge in [-0.1, -0.05) is 12.1 Å². The first kappa shape index (κ1) is 14.9. The average molecular weight is 292 g/mol. The summed E-state index contributed by atoms with van der Waals surface area (Å²) < 4.78 is 13.0. The fourth-order valence-electron chi connectivity index (χ4n) is 3.75. The van der Waals surface area contributed by atoms with Crippen LogP contribution in [0.1, 0.15) is 31.2 Å². The van der Waals surface area contributed by atoms with E-state index in [-0.39, 0.29) is 12.4 Å². The van der Waals surface area contributed by atoms with Gasteiger partial charge < -0.3 is 5.11 Å². The standard InChI is InChI=1S/C17H25FN2O/c18-15-7-5-14(6-8-15)11-19-9-1-3-16(19)12-20-10-2-4-17(20)13-21/h5-8,16-17,21H,1-4,9-13H2. The van der Waals surface area contributed by atoms with Crippen molar-refractivity contribution in [3.63, 3.8) is 0 Å². The molecule has 0 radical (unpaired) electrons. The van der Waals surface area contributed by atoms with Crippen molar-refractivity contribution in [2.45, 2.75) is 44.3 Å². The SMILES string of the molecule is OCC1CCCN1CC1CCCN1Cc1ccc(F)cc1. The summed E-state index contributed by atoms with van der Waals surface area (Å²) in [5.41, 5.74) is 1.18. The second-order valence-electron chi connectivity index (χ2n) is 6.37. The minimum absolute atomic E-state index is 0.167. The fraction of sp³-hybridized carbons (Fsp3) is 0.647. The smallest absolute Gasteiger partial charge is 0.123 e. The Morgan fingerprint density at radius 2 is 1.67 bits per heavy atom. The van der Waals surface area contributed by atoms with Gasteiger partial charge >= 0.3 is 0 Å². The van der Waals surface area contributed by atoms with Crippen molar-refractivity contribution in [2.75, 3.05) is 26.2 Å². The molecular weight excluding hydrogens is 267 g/mol. The van der Waals surface area contributed by atoms with Crippen molar-refractivity contribution in [3.05, 3.63) is 35.6 Å². The van der Waals surface area contributed by atoms with Crippen LogP contribution in [0.3, 0.4) is 0 Å². The van der Waals surface area contributed by atoms with Crippen molar-refractivity contribution in [1.29, 1.82) is 0 Å². The van der Waals surface area contributed by atoms with E-state index in [9.17, 15) is 9.50 Å². The Morgan fingerprint density at radius 3 is 2.38 bits per heavy atom. The molecule has 2 heterocycles. The molecule has 2 fully saturated rings. The Morgan fingerprint density at radius 1 is 1.00 bits per heavy atom. The van der Waals surface area contributed by atoms with Crippen LogP contribution in [0.4, 0.5) is 4.39 Å². The molecule has 4 heteroatoms. The van der Waals surface area contributed by atoms with E-state index in [1.807, 2.05) is 12.1 Å². The third-order valence-electron chi connectivity index (χ3n) is 4.95. The summed E-state index contributed by atoms with van der Waals surface area (Å²) >= 11 is 0. The molecule has 1 aromatic carbocycles. The van der Waals surface area contributed by atoms with Gasteiger partial charge in [0.1, 0.15) is 5.82 Å². The second kappa shape index (κ2) is 6.86. The first-order valence-electron chi connectivity index (χ1n) is 8.09. The summed E-state index contributed by atoms with van der Waals surface area (Å²) in [6, 6.07) is 7.79. The van der Waals surface area contributed by atoms with Crippen LogP contribution in [0.2, 0.25) is 0 Å². The molecule has 3 nitrogen and oxygen atoms in total. The zero-order valence-corrected chi connectivity index (χ0v) is 12.5. The molecule has 2 atom stereocenters. The highest BCUT2D eigenvalue weighted by molar-refractivity contribution is 5.16. The van der Waals surface area contributed by atoms with Gasteiger partial charge in [-0.2, -0.15) is 0 Å². The van der Waals surface area contributed by atoms with Crippen LogP contribution >= 0.6 is 0 Å². The fourth-order valence-corrected chi connectivity index (χ4v) is 3.75. The minimum atomic E-state index is -0.167. The number of nitrogens with zero attached hydrogens (tertiary/aromatic N) is 2. The van der Waals surface area contributed by atoms with Gasteiger partial charge in [0.2, 0.25) is 0 Å². The quantitative estimate of drug-likeness (QED) is 0.901. The second-order valence-corrected chi connectivity index (χ2v) is 6.37. The molecule has 21 heavy (non-hydrogen) atoms. The molecule has 3 rings (SSSR count). The number of benzene rings is 1. The molecular formula is C17H25FN2O. The van der Waals surface area contributed by atoms with Crippen LogP contribution in [0.5, 0.6) is 0 Å². The summed E-state index contributed by atoms with van der Waals surface area (Å²) in [6.45, 7) is 4.49. The van der Waals surface area contributed by atoms with Crippen LogP contribution < -0.4 is 0 Å². The summed E-state index contributed by atoms with van der Waals surface area (Å²) in [5, 5.41) is 9.45. The largest absolute Gasteiger partial charge is 0.395 e. The topological polar surface area (TPSA) is 26.7 Å². The molecule has 2 aliphatic rings. The highest BCUT2D eigenvalue weighted by Gasteiger charge is 2.31. The zero-order chi connectivity index (χ0) is 14.7. The predicted molar refractivity (Wildman–Crippen MR) is 81.5 cm³/mol. The molecule has 116 valence electrons. The third-order valence-corrected chi connectivity index (χ3v) is 4.95. The van der Waals surface area contributed by atoms with E-state index in [0.717, 1.165) is 32.6 Å². The van der Waals surface area contributed by atoms with E-state index in [1.54, 1.807) is 12.1 Å². The van der Waals surface area contributed by atoms with Gasteiger partial charge in [-0.15, -0.1) is 0 Å². The van der Waals surface area contributed by atoms with E-state index >= 15 is 0 Å². The molecule has 1 N–H and O–H groups in total. The van der Waals surface area contributed by atoms with E-state index in [0.29, 0.717) is 12.1 Å². The summed E-state index contributed by atoms with van der Waals surface area (Å²) in [5.74, 6) is -0.167. The Hall–Kier alpha value is -0.970. The molecule has 0 aliphatic carbocycles. The zero-order valence-electron chi connectivity index (χ0n) is 12.5. The van der Waals surface area contributed by atoms with Gasteiger partial charge in [0.05, 0.1) is 6.61 Å². The Balaban J connectivity index is 1.58. The van der Waals surface area contributed by atoms with Gasteiger partial charge in [-0.3, -0.25) is 9.80 Å². The van der Waals surface area contributed by atoms with Crippen molar-refractivity contribution in [2.24, 2.45) is 0 Å². The first-order chi connectivity index (χ1) is 10.3. The number of likely N-dealkylation sites (tertiary alicyclic amines) is 2. The first-order valence-corrected chi connectivity index (χ1v) is 8.09. The monoisotopic (exact) mass is 292 g/mol. The molecule has 0 amide bonds. The molecule has 0 spiro atoms. The van der Waals surface area contributed by atoms with Crippen molar-refractivity contribution < 1.29 is 9.50 Å². The van der Waals surface area contributed by atoms with E-state index in [1.165, 1.54) is 24.8 Å². The van der Waals surface area contributed by atoms with Crippen molar-refractivity contribution in [1.82, 2.24) is 9.80 Å². The number of hydrogen-bond donors (Lipinski definition) is 1. The lowest BCUT2D eigenvalue weighted by Crippen LogP contribution is -2.43. The predicted octanol–water partition coefficient (Wildman–Crippen LogP) is 2.25. The molecule has 0 bridgehead atoms. The maximum Gasteiger partial charge on any atom is 0.123 e. The van der Waals surface area contributed by atoms with Gasteiger partial charge in [0.25, 0.3) is 0 Å². The lowest BCUT2D eigenvalue weighted by Gasteiger charge is -2.31. The number of aliphatic hydroxyl groups is 1. The van der Waals surface area contributed by atoms with Crippen LogP contribution in [0.15, 0.2) is 24.3 Å². The Labute approximate surface area is 126 Å². The van der Waals surface area contributed by atoms with Crippen molar-refractivity contribution >= 4 is 0 Å².